The highest BCUT2D eigenvalue weighted by Gasteiger charge is 2.05. The van der Waals surface area contributed by atoms with Crippen LogP contribution in [0.4, 0.5) is 0 Å². The number of nitrogens with one attached hydrogen (secondary N) is 1. The molecule has 0 radical (unpaired) electrons. The van der Waals surface area contributed by atoms with E-state index in [9.17, 15) is 4.79 Å². The third kappa shape index (κ3) is 3.64. The molecule has 0 bridgehead atoms. The lowest BCUT2D eigenvalue weighted by Gasteiger charge is -2.08. The number of amides is 1. The lowest BCUT2D eigenvalue weighted by atomic mass is 10.1. The number of methoxy groups -OCH3 is 1. The van der Waals surface area contributed by atoms with Gasteiger partial charge in [0, 0.05) is 17.4 Å². The molecule has 1 aromatic heterocycles. The van der Waals surface area contributed by atoms with Gasteiger partial charge in [-0.05, 0) is 59.3 Å². The number of hydrogen-bond acceptors (Lipinski definition) is 3. The number of nitrogens with zero attached hydrogens (tertiary/aromatic N) is 2. The number of aromatic nitrogens is 1. The smallest absolute Gasteiger partial charge is 0.271 e. The quantitative estimate of drug-likeness (QED) is 0.419. The van der Waals surface area contributed by atoms with Crippen molar-refractivity contribution < 1.29 is 9.53 Å². The lowest BCUT2D eigenvalue weighted by Crippen LogP contribution is -2.17. The minimum Gasteiger partial charge on any atom is -0.497 e. The van der Waals surface area contributed by atoms with Gasteiger partial charge in [-0.2, -0.15) is 5.10 Å². The van der Waals surface area contributed by atoms with E-state index in [0.717, 1.165) is 11.4 Å². The van der Waals surface area contributed by atoms with Crippen molar-refractivity contribution in [2.45, 2.75) is 0 Å². The fraction of sp³-hybridized carbons (Fsp3) is 0.0435. The third-order valence-electron chi connectivity index (χ3n) is 4.51. The molecular weight excluding hydrogens is 350 g/mol. The number of hydrogen-bond donors (Lipinski definition) is 1. The molecule has 0 saturated carbocycles. The Morgan fingerprint density at radius 2 is 1.75 bits per heavy atom. The molecule has 28 heavy (non-hydrogen) atoms. The normalized spacial score (nSPS) is 11.0. The van der Waals surface area contributed by atoms with Crippen molar-refractivity contribution >= 4 is 22.9 Å². The van der Waals surface area contributed by atoms with E-state index in [0.29, 0.717) is 11.3 Å². The van der Waals surface area contributed by atoms with Crippen LogP contribution < -0.4 is 10.2 Å². The Balaban J connectivity index is 1.51. The molecule has 0 unspecified atom stereocenters. The SMILES string of the molecule is COc1ccc(C(=O)N/N=C/c2cccn2-c2ccc3ccccc3c2)cc1. The van der Waals surface area contributed by atoms with Crippen LogP contribution in [0.5, 0.6) is 5.75 Å². The van der Waals surface area contributed by atoms with Crippen LogP contribution in [0.25, 0.3) is 16.5 Å². The molecule has 4 aromatic rings. The molecule has 5 heteroatoms. The van der Waals surface area contributed by atoms with Gasteiger partial charge in [-0.15, -0.1) is 0 Å². The molecule has 1 heterocycles. The van der Waals surface area contributed by atoms with E-state index in [4.69, 9.17) is 4.74 Å². The summed E-state index contributed by atoms with van der Waals surface area (Å²) in [6.07, 6.45) is 3.60. The van der Waals surface area contributed by atoms with Crippen molar-refractivity contribution in [3.05, 3.63) is 96.3 Å². The summed E-state index contributed by atoms with van der Waals surface area (Å²) in [6.45, 7) is 0. The molecule has 0 aliphatic rings. The maximum atomic E-state index is 12.2. The number of fused-ring (bicyclic) bond motifs is 1. The minimum atomic E-state index is -0.275. The van der Waals surface area contributed by atoms with Gasteiger partial charge >= 0.3 is 0 Å². The molecule has 1 amide bonds. The summed E-state index contributed by atoms with van der Waals surface area (Å²) in [5.41, 5.74) is 4.98. The first-order chi connectivity index (χ1) is 13.7. The second kappa shape index (κ2) is 7.80. The molecule has 138 valence electrons. The minimum absolute atomic E-state index is 0.275. The van der Waals surface area contributed by atoms with Crippen LogP contribution in [-0.2, 0) is 0 Å². The maximum Gasteiger partial charge on any atom is 0.271 e. The summed E-state index contributed by atoms with van der Waals surface area (Å²) < 4.78 is 7.12. The summed E-state index contributed by atoms with van der Waals surface area (Å²) >= 11 is 0. The molecule has 0 atom stereocenters. The Bertz CT molecular complexity index is 1140. The molecule has 4 rings (SSSR count). The number of hydrazone groups is 1. The van der Waals surface area contributed by atoms with Crippen LogP contribution in [0.1, 0.15) is 16.1 Å². The van der Waals surface area contributed by atoms with Gasteiger partial charge in [-0.1, -0.05) is 30.3 Å². The van der Waals surface area contributed by atoms with Crippen molar-refractivity contribution in [3.63, 3.8) is 0 Å². The molecule has 0 spiro atoms. The number of benzene rings is 3. The topological polar surface area (TPSA) is 55.6 Å². The van der Waals surface area contributed by atoms with Gasteiger partial charge in [-0.3, -0.25) is 4.79 Å². The first-order valence-corrected chi connectivity index (χ1v) is 8.88. The van der Waals surface area contributed by atoms with E-state index in [2.05, 4.69) is 40.9 Å². The number of carbonyl (C=O) groups excluding carboxylic acids is 1. The Morgan fingerprint density at radius 1 is 0.964 bits per heavy atom. The molecule has 1 N–H and O–H groups in total. The first-order valence-electron chi connectivity index (χ1n) is 8.88. The highest BCUT2D eigenvalue weighted by Crippen LogP contribution is 2.19. The van der Waals surface area contributed by atoms with Crippen LogP contribution in [0, 0.1) is 0 Å². The summed E-state index contributed by atoms with van der Waals surface area (Å²) in [4.78, 5) is 12.2. The fourth-order valence-corrected chi connectivity index (χ4v) is 3.02. The highest BCUT2D eigenvalue weighted by molar-refractivity contribution is 5.95. The standard InChI is InChI=1S/C23H19N3O2/c1-28-22-12-9-18(10-13-22)23(27)25-24-16-21-7-4-14-26(21)20-11-8-17-5-2-3-6-19(17)15-20/h2-16H,1H3,(H,25,27)/b24-16+. The summed E-state index contributed by atoms with van der Waals surface area (Å²) in [5, 5.41) is 6.47. The zero-order valence-electron chi connectivity index (χ0n) is 15.4. The van der Waals surface area contributed by atoms with Gasteiger partial charge in [-0.25, -0.2) is 5.43 Å². The van der Waals surface area contributed by atoms with Gasteiger partial charge in [0.2, 0.25) is 0 Å². The molecular formula is C23H19N3O2. The van der Waals surface area contributed by atoms with Crippen LogP contribution in [0.15, 0.2) is 90.2 Å². The summed E-state index contributed by atoms with van der Waals surface area (Å²) in [6, 6.07) is 25.3. The largest absolute Gasteiger partial charge is 0.497 e. The molecule has 0 fully saturated rings. The molecule has 5 nitrogen and oxygen atoms in total. The van der Waals surface area contributed by atoms with Gasteiger partial charge in [0.05, 0.1) is 19.0 Å². The molecule has 0 saturated heterocycles. The van der Waals surface area contributed by atoms with E-state index >= 15 is 0 Å². The van der Waals surface area contributed by atoms with Crippen LogP contribution >= 0.6 is 0 Å². The fourth-order valence-electron chi connectivity index (χ4n) is 3.02. The van der Waals surface area contributed by atoms with Crippen LogP contribution in [0.3, 0.4) is 0 Å². The van der Waals surface area contributed by atoms with Crippen LogP contribution in [-0.4, -0.2) is 23.8 Å². The van der Waals surface area contributed by atoms with E-state index in [1.54, 1.807) is 37.6 Å². The Labute approximate surface area is 162 Å². The number of rotatable bonds is 5. The Kier molecular flexibility index (Phi) is 4.89. The van der Waals surface area contributed by atoms with Crippen molar-refractivity contribution in [2.75, 3.05) is 7.11 Å². The van der Waals surface area contributed by atoms with Crippen molar-refractivity contribution in [1.29, 1.82) is 0 Å². The van der Waals surface area contributed by atoms with Gasteiger partial charge in [0.25, 0.3) is 5.91 Å². The maximum absolute atomic E-state index is 12.2. The van der Waals surface area contributed by atoms with Crippen molar-refractivity contribution in [1.82, 2.24) is 9.99 Å². The average Bonchev–Trinajstić information content (AvgIpc) is 3.22. The second-order valence-corrected chi connectivity index (χ2v) is 6.26. The second-order valence-electron chi connectivity index (χ2n) is 6.26. The Morgan fingerprint density at radius 3 is 2.54 bits per heavy atom. The van der Waals surface area contributed by atoms with E-state index in [1.165, 1.54) is 10.8 Å². The van der Waals surface area contributed by atoms with Gasteiger partial charge in [0.1, 0.15) is 5.75 Å². The van der Waals surface area contributed by atoms with Gasteiger partial charge in [0.15, 0.2) is 0 Å². The summed E-state index contributed by atoms with van der Waals surface area (Å²) in [7, 11) is 1.59. The van der Waals surface area contributed by atoms with Crippen LogP contribution in [0.2, 0.25) is 0 Å². The predicted octanol–water partition coefficient (Wildman–Crippen LogP) is 4.40. The number of ether oxygens (including phenoxy) is 1. The number of carbonyl (C=O) groups is 1. The Hall–Kier alpha value is -3.86. The summed E-state index contributed by atoms with van der Waals surface area (Å²) in [5.74, 6) is 0.427. The average molecular weight is 369 g/mol. The lowest BCUT2D eigenvalue weighted by molar-refractivity contribution is 0.0955. The predicted molar refractivity (Wildman–Crippen MR) is 111 cm³/mol. The van der Waals surface area contributed by atoms with E-state index in [1.807, 2.05) is 35.0 Å². The first kappa shape index (κ1) is 17.5. The van der Waals surface area contributed by atoms with Crippen molar-refractivity contribution in [3.8, 4) is 11.4 Å². The zero-order valence-corrected chi connectivity index (χ0v) is 15.4. The molecule has 0 aliphatic heterocycles. The van der Waals surface area contributed by atoms with Gasteiger partial charge < -0.3 is 9.30 Å². The molecule has 3 aromatic carbocycles. The van der Waals surface area contributed by atoms with Crippen molar-refractivity contribution in [2.24, 2.45) is 5.10 Å². The third-order valence-corrected chi connectivity index (χ3v) is 4.51. The van der Waals surface area contributed by atoms with E-state index < -0.39 is 0 Å². The molecule has 0 aliphatic carbocycles. The van der Waals surface area contributed by atoms with E-state index in [-0.39, 0.29) is 5.91 Å². The highest BCUT2D eigenvalue weighted by atomic mass is 16.5. The monoisotopic (exact) mass is 369 g/mol. The zero-order chi connectivity index (χ0) is 19.3.